The van der Waals surface area contributed by atoms with Crippen LogP contribution >= 0.6 is 0 Å². The molecule has 0 aromatic heterocycles. The van der Waals surface area contributed by atoms with Crippen molar-refractivity contribution in [3.05, 3.63) is 35.4 Å². The standard InChI is InChI=1S/C16H26N4O2/c1-12(2)20(3)11-14-6-4-5-13(7-14)9-18-16(22)10-19-15(21)8-17/h4-7,12H,8-11,17H2,1-3H3,(H,18,22)(H,19,21). The van der Waals surface area contributed by atoms with E-state index >= 15 is 0 Å². The maximum atomic E-state index is 11.6. The maximum absolute atomic E-state index is 11.6. The fraction of sp³-hybridized carbons (Fsp3) is 0.500. The van der Waals surface area contributed by atoms with Gasteiger partial charge < -0.3 is 16.4 Å². The predicted molar refractivity (Wildman–Crippen MR) is 87.0 cm³/mol. The van der Waals surface area contributed by atoms with Gasteiger partial charge in [-0.3, -0.25) is 14.5 Å². The molecular weight excluding hydrogens is 280 g/mol. The van der Waals surface area contributed by atoms with Crippen molar-refractivity contribution in [2.24, 2.45) is 5.73 Å². The molecule has 0 radical (unpaired) electrons. The van der Waals surface area contributed by atoms with Crippen LogP contribution in [-0.4, -0.2) is 42.9 Å². The second-order valence-electron chi connectivity index (χ2n) is 5.59. The van der Waals surface area contributed by atoms with Crippen LogP contribution in [0.1, 0.15) is 25.0 Å². The number of nitrogens with one attached hydrogen (secondary N) is 2. The van der Waals surface area contributed by atoms with Crippen LogP contribution in [-0.2, 0) is 22.7 Å². The SMILES string of the molecule is CC(C)N(C)Cc1cccc(CNC(=O)CNC(=O)CN)c1. The number of benzene rings is 1. The predicted octanol–water partition coefficient (Wildman–Crippen LogP) is 0.218. The van der Waals surface area contributed by atoms with E-state index in [0.717, 1.165) is 12.1 Å². The first-order chi connectivity index (χ1) is 10.4. The molecule has 4 N–H and O–H groups in total. The summed E-state index contributed by atoms with van der Waals surface area (Å²) in [7, 11) is 2.08. The molecule has 0 aliphatic carbocycles. The molecule has 6 heteroatoms. The fourth-order valence-electron chi connectivity index (χ4n) is 1.82. The molecule has 0 atom stereocenters. The van der Waals surface area contributed by atoms with Crippen molar-refractivity contribution in [2.75, 3.05) is 20.1 Å². The van der Waals surface area contributed by atoms with Crippen molar-refractivity contribution in [3.8, 4) is 0 Å². The lowest BCUT2D eigenvalue weighted by Gasteiger charge is -2.21. The zero-order valence-electron chi connectivity index (χ0n) is 13.6. The molecular formula is C16H26N4O2. The second kappa shape index (κ2) is 9.17. The highest BCUT2D eigenvalue weighted by Crippen LogP contribution is 2.09. The molecule has 0 fully saturated rings. The maximum Gasteiger partial charge on any atom is 0.239 e. The lowest BCUT2D eigenvalue weighted by molar-refractivity contribution is -0.125. The Morgan fingerprint density at radius 2 is 1.86 bits per heavy atom. The molecule has 0 aliphatic rings. The molecule has 0 heterocycles. The molecule has 0 unspecified atom stereocenters. The summed E-state index contributed by atoms with van der Waals surface area (Å²) in [5.41, 5.74) is 7.40. The van der Waals surface area contributed by atoms with Gasteiger partial charge in [0.15, 0.2) is 0 Å². The van der Waals surface area contributed by atoms with Gasteiger partial charge >= 0.3 is 0 Å². The summed E-state index contributed by atoms with van der Waals surface area (Å²) >= 11 is 0. The summed E-state index contributed by atoms with van der Waals surface area (Å²) in [6.45, 7) is 5.45. The van der Waals surface area contributed by atoms with Crippen LogP contribution in [0.25, 0.3) is 0 Å². The van der Waals surface area contributed by atoms with Crippen molar-refractivity contribution >= 4 is 11.8 Å². The molecule has 0 bridgehead atoms. The topological polar surface area (TPSA) is 87.5 Å². The average molecular weight is 306 g/mol. The average Bonchev–Trinajstić information content (AvgIpc) is 2.50. The molecule has 122 valence electrons. The third-order valence-corrected chi connectivity index (χ3v) is 3.43. The van der Waals surface area contributed by atoms with Gasteiger partial charge in [-0.2, -0.15) is 0 Å². The fourth-order valence-corrected chi connectivity index (χ4v) is 1.82. The van der Waals surface area contributed by atoms with Gasteiger partial charge in [-0.25, -0.2) is 0 Å². The Bertz CT molecular complexity index is 503. The Morgan fingerprint density at radius 3 is 2.50 bits per heavy atom. The first-order valence-electron chi connectivity index (χ1n) is 7.44. The Labute approximate surface area is 132 Å². The molecule has 0 spiro atoms. The lowest BCUT2D eigenvalue weighted by Crippen LogP contribution is -2.39. The van der Waals surface area contributed by atoms with Crippen LogP contribution in [0, 0.1) is 0 Å². The number of nitrogens with zero attached hydrogens (tertiary/aromatic N) is 1. The van der Waals surface area contributed by atoms with Crippen LogP contribution in [0.5, 0.6) is 0 Å². The number of hydrogen-bond donors (Lipinski definition) is 3. The molecule has 0 saturated carbocycles. The minimum absolute atomic E-state index is 0.0498. The highest BCUT2D eigenvalue weighted by atomic mass is 16.2. The van der Waals surface area contributed by atoms with E-state index in [9.17, 15) is 9.59 Å². The van der Waals surface area contributed by atoms with E-state index in [1.165, 1.54) is 5.56 Å². The number of carbonyl (C=O) groups excluding carboxylic acids is 2. The van der Waals surface area contributed by atoms with E-state index in [2.05, 4.69) is 48.6 Å². The van der Waals surface area contributed by atoms with E-state index < -0.39 is 0 Å². The molecule has 6 nitrogen and oxygen atoms in total. The van der Waals surface area contributed by atoms with Gasteiger partial charge in [0.25, 0.3) is 0 Å². The smallest absolute Gasteiger partial charge is 0.239 e. The molecule has 22 heavy (non-hydrogen) atoms. The summed E-state index contributed by atoms with van der Waals surface area (Å²) in [5, 5.41) is 5.21. The van der Waals surface area contributed by atoms with Crippen molar-refractivity contribution in [2.45, 2.75) is 33.0 Å². The normalized spacial score (nSPS) is 10.8. The highest BCUT2D eigenvalue weighted by molar-refractivity contribution is 5.85. The highest BCUT2D eigenvalue weighted by Gasteiger charge is 2.06. The van der Waals surface area contributed by atoms with Gasteiger partial charge in [-0.1, -0.05) is 24.3 Å². The summed E-state index contributed by atoms with van der Waals surface area (Å²) in [5.74, 6) is -0.569. The Balaban J connectivity index is 2.46. The monoisotopic (exact) mass is 306 g/mol. The second-order valence-corrected chi connectivity index (χ2v) is 5.59. The molecule has 0 saturated heterocycles. The van der Waals surface area contributed by atoms with Gasteiger partial charge in [-0.15, -0.1) is 0 Å². The van der Waals surface area contributed by atoms with Crippen LogP contribution in [0.15, 0.2) is 24.3 Å². The summed E-state index contributed by atoms with van der Waals surface area (Å²) in [6, 6.07) is 8.59. The zero-order chi connectivity index (χ0) is 16.5. The van der Waals surface area contributed by atoms with Crippen LogP contribution < -0.4 is 16.4 Å². The first kappa shape index (κ1) is 18.1. The molecule has 1 aromatic carbocycles. The van der Waals surface area contributed by atoms with Gasteiger partial charge in [-0.05, 0) is 32.0 Å². The lowest BCUT2D eigenvalue weighted by atomic mass is 10.1. The molecule has 1 aromatic rings. The van der Waals surface area contributed by atoms with Gasteiger partial charge in [0.2, 0.25) is 11.8 Å². The van der Waals surface area contributed by atoms with E-state index in [4.69, 9.17) is 5.73 Å². The largest absolute Gasteiger partial charge is 0.350 e. The third-order valence-electron chi connectivity index (χ3n) is 3.43. The van der Waals surface area contributed by atoms with Gasteiger partial charge in [0, 0.05) is 19.1 Å². The molecule has 1 rings (SSSR count). The van der Waals surface area contributed by atoms with Crippen molar-refractivity contribution < 1.29 is 9.59 Å². The van der Waals surface area contributed by atoms with Crippen molar-refractivity contribution in [1.82, 2.24) is 15.5 Å². The Kier molecular flexibility index (Phi) is 7.56. The minimum atomic E-state index is -0.339. The van der Waals surface area contributed by atoms with Crippen LogP contribution in [0.2, 0.25) is 0 Å². The van der Waals surface area contributed by atoms with Crippen molar-refractivity contribution in [3.63, 3.8) is 0 Å². The first-order valence-corrected chi connectivity index (χ1v) is 7.44. The number of amides is 2. The van der Waals surface area contributed by atoms with Crippen LogP contribution in [0.3, 0.4) is 0 Å². The molecule has 2 amide bonds. The number of hydrogen-bond acceptors (Lipinski definition) is 4. The molecule has 0 aliphatic heterocycles. The minimum Gasteiger partial charge on any atom is -0.350 e. The van der Waals surface area contributed by atoms with E-state index in [0.29, 0.717) is 12.6 Å². The third kappa shape index (κ3) is 6.69. The number of nitrogens with two attached hydrogens (primary N) is 1. The zero-order valence-corrected chi connectivity index (χ0v) is 13.6. The van der Waals surface area contributed by atoms with Gasteiger partial charge in [0.1, 0.15) is 0 Å². The summed E-state index contributed by atoms with van der Waals surface area (Å²) in [6.07, 6.45) is 0. The van der Waals surface area contributed by atoms with E-state index in [1.807, 2.05) is 12.1 Å². The van der Waals surface area contributed by atoms with Crippen molar-refractivity contribution in [1.29, 1.82) is 0 Å². The van der Waals surface area contributed by atoms with E-state index in [1.54, 1.807) is 0 Å². The number of rotatable bonds is 8. The van der Waals surface area contributed by atoms with Gasteiger partial charge in [0.05, 0.1) is 13.1 Å². The summed E-state index contributed by atoms with van der Waals surface area (Å²) in [4.78, 5) is 24.8. The quantitative estimate of drug-likeness (QED) is 0.641. The Morgan fingerprint density at radius 1 is 1.18 bits per heavy atom. The summed E-state index contributed by atoms with van der Waals surface area (Å²) < 4.78 is 0. The number of carbonyl (C=O) groups is 2. The Hall–Kier alpha value is -1.92. The van der Waals surface area contributed by atoms with Crippen LogP contribution in [0.4, 0.5) is 0 Å². The van der Waals surface area contributed by atoms with E-state index in [-0.39, 0.29) is 24.9 Å².